The molecular weight excluding hydrogens is 272 g/mol. The van der Waals surface area contributed by atoms with Gasteiger partial charge in [0.1, 0.15) is 0 Å². The zero-order chi connectivity index (χ0) is 11.0. The van der Waals surface area contributed by atoms with Crippen molar-refractivity contribution in [2.45, 2.75) is 13.0 Å². The van der Waals surface area contributed by atoms with Crippen molar-refractivity contribution in [1.82, 2.24) is 5.32 Å². The minimum atomic E-state index is -0.0650. The van der Waals surface area contributed by atoms with Crippen molar-refractivity contribution in [1.29, 1.82) is 0 Å². The van der Waals surface area contributed by atoms with Crippen LogP contribution in [-0.2, 0) is 13.0 Å². The molecule has 0 aliphatic carbocycles. The first-order valence-electron chi connectivity index (χ1n) is 4.63. The highest BCUT2D eigenvalue weighted by Gasteiger charge is 2.23. The third-order valence-electron chi connectivity index (χ3n) is 2.57. The molecule has 2 rings (SSSR count). The van der Waals surface area contributed by atoms with Crippen LogP contribution in [0.15, 0.2) is 0 Å². The molecular formula is C10H12Cl3NO2. The Kier molecular flexibility index (Phi) is 4.56. The van der Waals surface area contributed by atoms with E-state index in [9.17, 15) is 5.11 Å². The number of aromatic hydroxyl groups is 1. The summed E-state index contributed by atoms with van der Waals surface area (Å²) in [6.45, 7) is 1.50. The van der Waals surface area contributed by atoms with Gasteiger partial charge < -0.3 is 15.2 Å². The Morgan fingerprint density at radius 2 is 1.94 bits per heavy atom. The summed E-state index contributed by atoms with van der Waals surface area (Å²) in [6.07, 6.45) is 0.769. The first-order chi connectivity index (χ1) is 7.16. The zero-order valence-corrected chi connectivity index (χ0v) is 11.0. The summed E-state index contributed by atoms with van der Waals surface area (Å²) in [6, 6.07) is 0. The summed E-state index contributed by atoms with van der Waals surface area (Å²) in [5, 5.41) is 13.8. The molecule has 1 aliphatic rings. The summed E-state index contributed by atoms with van der Waals surface area (Å²) in [4.78, 5) is 0. The Morgan fingerprint density at radius 3 is 2.56 bits per heavy atom. The van der Waals surface area contributed by atoms with Gasteiger partial charge in [0.05, 0.1) is 17.2 Å². The number of methoxy groups -OCH3 is 1. The number of ether oxygens (including phenoxy) is 1. The van der Waals surface area contributed by atoms with Gasteiger partial charge in [0, 0.05) is 6.54 Å². The number of phenols is 1. The molecule has 0 spiro atoms. The molecule has 16 heavy (non-hydrogen) atoms. The molecule has 90 valence electrons. The van der Waals surface area contributed by atoms with Gasteiger partial charge in [-0.05, 0) is 24.1 Å². The van der Waals surface area contributed by atoms with Crippen molar-refractivity contribution in [3.8, 4) is 11.5 Å². The summed E-state index contributed by atoms with van der Waals surface area (Å²) in [5.74, 6) is 0.189. The highest BCUT2D eigenvalue weighted by atomic mass is 35.5. The van der Waals surface area contributed by atoms with E-state index in [0.717, 1.165) is 24.1 Å². The second-order valence-corrected chi connectivity index (χ2v) is 4.15. The monoisotopic (exact) mass is 283 g/mol. The molecule has 0 fully saturated rings. The number of benzene rings is 1. The molecule has 1 aromatic carbocycles. The largest absolute Gasteiger partial charge is 0.503 e. The van der Waals surface area contributed by atoms with Crippen LogP contribution in [0.1, 0.15) is 11.1 Å². The van der Waals surface area contributed by atoms with Crippen LogP contribution in [0, 0.1) is 0 Å². The summed E-state index contributed by atoms with van der Waals surface area (Å²) >= 11 is 12.2. The van der Waals surface area contributed by atoms with Crippen molar-refractivity contribution < 1.29 is 9.84 Å². The van der Waals surface area contributed by atoms with Crippen LogP contribution in [-0.4, -0.2) is 18.8 Å². The molecule has 0 unspecified atom stereocenters. The third kappa shape index (κ3) is 2.05. The normalized spacial score (nSPS) is 13.9. The maximum atomic E-state index is 9.77. The van der Waals surface area contributed by atoms with Crippen LogP contribution in [0.5, 0.6) is 11.5 Å². The van der Waals surface area contributed by atoms with Gasteiger partial charge in [-0.15, -0.1) is 12.4 Å². The van der Waals surface area contributed by atoms with Crippen LogP contribution in [0.4, 0.5) is 0 Å². The van der Waals surface area contributed by atoms with Gasteiger partial charge in [-0.1, -0.05) is 23.2 Å². The Hall–Kier alpha value is -0.350. The molecule has 0 bridgehead atoms. The molecule has 0 aromatic heterocycles. The van der Waals surface area contributed by atoms with E-state index in [2.05, 4.69) is 5.32 Å². The lowest BCUT2D eigenvalue weighted by molar-refractivity contribution is 0.372. The van der Waals surface area contributed by atoms with Gasteiger partial charge in [0.25, 0.3) is 0 Å². The Labute approximate surface area is 110 Å². The van der Waals surface area contributed by atoms with Crippen molar-refractivity contribution in [2.75, 3.05) is 13.7 Å². The summed E-state index contributed by atoms with van der Waals surface area (Å²) < 4.78 is 5.03. The fourth-order valence-electron chi connectivity index (χ4n) is 1.81. The standard InChI is InChI=1S/C10H11Cl2NO2.ClH/c1-15-10-8(12)6-4-13-3-2-5(6)7(11)9(10)14;/h13-14H,2-4H2,1H3;1H. The Morgan fingerprint density at radius 1 is 1.25 bits per heavy atom. The molecule has 0 saturated carbocycles. The van der Waals surface area contributed by atoms with Crippen molar-refractivity contribution in [2.24, 2.45) is 0 Å². The number of halogens is 3. The van der Waals surface area contributed by atoms with Crippen molar-refractivity contribution in [3.05, 3.63) is 21.2 Å². The minimum Gasteiger partial charge on any atom is -0.503 e. The minimum absolute atomic E-state index is 0. The van der Waals surface area contributed by atoms with Crippen LogP contribution >= 0.6 is 35.6 Å². The van der Waals surface area contributed by atoms with Gasteiger partial charge in [-0.2, -0.15) is 0 Å². The van der Waals surface area contributed by atoms with Gasteiger partial charge in [0.15, 0.2) is 11.5 Å². The Bertz CT molecular complexity index is 410. The molecule has 1 aliphatic heterocycles. The van der Waals surface area contributed by atoms with E-state index in [1.54, 1.807) is 0 Å². The number of fused-ring (bicyclic) bond motifs is 1. The highest BCUT2D eigenvalue weighted by molar-refractivity contribution is 6.36. The second kappa shape index (κ2) is 5.32. The lowest BCUT2D eigenvalue weighted by Crippen LogP contribution is -2.24. The van der Waals surface area contributed by atoms with E-state index < -0.39 is 0 Å². The number of phenolic OH excluding ortho intramolecular Hbond substituents is 1. The van der Waals surface area contributed by atoms with E-state index in [1.807, 2.05) is 0 Å². The predicted octanol–water partition coefficient (Wildman–Crippen LogP) is 2.78. The average Bonchev–Trinajstić information content (AvgIpc) is 2.27. The molecule has 6 heteroatoms. The first kappa shape index (κ1) is 13.7. The van der Waals surface area contributed by atoms with E-state index in [-0.39, 0.29) is 23.9 Å². The van der Waals surface area contributed by atoms with Crippen LogP contribution in [0.25, 0.3) is 0 Å². The SMILES string of the molecule is COc1c(O)c(Cl)c2c(c1Cl)CNCC2.Cl. The predicted molar refractivity (Wildman–Crippen MR) is 67.3 cm³/mol. The third-order valence-corrected chi connectivity index (χ3v) is 3.38. The smallest absolute Gasteiger partial charge is 0.181 e. The van der Waals surface area contributed by atoms with E-state index in [1.165, 1.54) is 7.11 Å². The van der Waals surface area contributed by atoms with Gasteiger partial charge in [-0.25, -0.2) is 0 Å². The number of hydrogen-bond donors (Lipinski definition) is 2. The lowest BCUT2D eigenvalue weighted by Gasteiger charge is -2.22. The summed E-state index contributed by atoms with van der Waals surface area (Å²) in [5.41, 5.74) is 1.83. The van der Waals surface area contributed by atoms with Gasteiger partial charge in [0.2, 0.25) is 0 Å². The summed E-state index contributed by atoms with van der Waals surface area (Å²) in [7, 11) is 1.46. The highest BCUT2D eigenvalue weighted by Crippen LogP contribution is 2.45. The Balaban J connectivity index is 0.00000128. The second-order valence-electron chi connectivity index (χ2n) is 3.39. The quantitative estimate of drug-likeness (QED) is 0.833. The fourth-order valence-corrected chi connectivity index (χ4v) is 2.45. The molecule has 2 N–H and O–H groups in total. The number of rotatable bonds is 1. The molecule has 0 amide bonds. The fraction of sp³-hybridized carbons (Fsp3) is 0.400. The lowest BCUT2D eigenvalue weighted by atomic mass is 10.00. The maximum absolute atomic E-state index is 9.77. The van der Waals surface area contributed by atoms with Crippen LogP contribution in [0.2, 0.25) is 10.0 Å². The topological polar surface area (TPSA) is 41.5 Å². The average molecular weight is 285 g/mol. The molecule has 0 atom stereocenters. The number of nitrogens with one attached hydrogen (secondary N) is 1. The molecule has 3 nitrogen and oxygen atoms in total. The molecule has 1 aromatic rings. The van der Waals surface area contributed by atoms with Crippen LogP contribution < -0.4 is 10.1 Å². The number of hydrogen-bond acceptors (Lipinski definition) is 3. The van der Waals surface area contributed by atoms with E-state index in [0.29, 0.717) is 16.6 Å². The van der Waals surface area contributed by atoms with Crippen molar-refractivity contribution in [3.63, 3.8) is 0 Å². The molecule has 0 radical (unpaired) electrons. The van der Waals surface area contributed by atoms with Gasteiger partial charge in [-0.3, -0.25) is 0 Å². The van der Waals surface area contributed by atoms with Crippen LogP contribution in [0.3, 0.4) is 0 Å². The molecule has 0 saturated heterocycles. The van der Waals surface area contributed by atoms with Gasteiger partial charge >= 0.3 is 0 Å². The molecule has 1 heterocycles. The first-order valence-corrected chi connectivity index (χ1v) is 5.38. The maximum Gasteiger partial charge on any atom is 0.181 e. The van der Waals surface area contributed by atoms with Crippen molar-refractivity contribution >= 4 is 35.6 Å². The van der Waals surface area contributed by atoms with E-state index >= 15 is 0 Å². The zero-order valence-electron chi connectivity index (χ0n) is 8.64. The van der Waals surface area contributed by atoms with E-state index in [4.69, 9.17) is 27.9 Å².